The molecule has 0 bridgehead atoms. The first-order valence-electron chi connectivity index (χ1n) is 9.33. The van der Waals surface area contributed by atoms with Crippen LogP contribution in [-0.2, 0) is 4.79 Å². The van der Waals surface area contributed by atoms with Gasteiger partial charge in [-0.1, -0.05) is 25.4 Å². The molecule has 2 heterocycles. The Balaban J connectivity index is 1.56. The van der Waals surface area contributed by atoms with Gasteiger partial charge in [0.1, 0.15) is 5.75 Å². The first kappa shape index (κ1) is 19.3. The second-order valence-corrected chi connectivity index (χ2v) is 7.72. The van der Waals surface area contributed by atoms with Gasteiger partial charge in [0, 0.05) is 56.4 Å². The molecule has 2 N–H and O–H groups in total. The molecule has 6 nitrogen and oxygen atoms in total. The van der Waals surface area contributed by atoms with Crippen LogP contribution in [-0.4, -0.2) is 74.7 Å². The predicted molar refractivity (Wildman–Crippen MR) is 105 cm³/mol. The number of nitrogens with zero attached hydrogens (tertiary/aromatic N) is 2. The average Bonchev–Trinajstić information content (AvgIpc) is 2.58. The van der Waals surface area contributed by atoms with Gasteiger partial charge in [-0.15, -0.1) is 0 Å². The third-order valence-corrected chi connectivity index (χ3v) is 5.64. The number of benzene rings is 1. The molecule has 7 heteroatoms. The fraction of sp³-hybridized carbons (Fsp3) is 0.632. The minimum Gasteiger partial charge on any atom is -0.495 e. The molecule has 2 aliphatic heterocycles. The van der Waals surface area contributed by atoms with E-state index in [1.807, 2.05) is 17.0 Å². The zero-order valence-corrected chi connectivity index (χ0v) is 16.6. The van der Waals surface area contributed by atoms with Gasteiger partial charge in [0.25, 0.3) is 0 Å². The van der Waals surface area contributed by atoms with E-state index in [0.717, 1.165) is 50.5 Å². The summed E-state index contributed by atoms with van der Waals surface area (Å²) in [6.45, 7) is 10.1. The highest BCUT2D eigenvalue weighted by molar-refractivity contribution is 6.31. The summed E-state index contributed by atoms with van der Waals surface area (Å²) in [6, 6.07) is 4.45. The Bertz CT molecular complexity index is 641. The topological polar surface area (TPSA) is 56.8 Å². The van der Waals surface area contributed by atoms with Crippen LogP contribution in [0.3, 0.4) is 0 Å². The maximum atomic E-state index is 12.6. The summed E-state index contributed by atoms with van der Waals surface area (Å²) in [5.74, 6) is 1.09. The van der Waals surface area contributed by atoms with Crippen molar-refractivity contribution in [3.63, 3.8) is 0 Å². The van der Waals surface area contributed by atoms with E-state index in [4.69, 9.17) is 16.3 Å². The lowest BCUT2D eigenvalue weighted by Crippen LogP contribution is -2.62. The van der Waals surface area contributed by atoms with E-state index < -0.39 is 0 Å². The molecule has 3 rings (SSSR count). The van der Waals surface area contributed by atoms with Crippen LogP contribution in [0.15, 0.2) is 12.1 Å². The van der Waals surface area contributed by atoms with Crippen LogP contribution in [0.5, 0.6) is 5.75 Å². The van der Waals surface area contributed by atoms with Crippen LogP contribution in [0.1, 0.15) is 25.3 Å². The van der Waals surface area contributed by atoms with Gasteiger partial charge in [0.2, 0.25) is 5.91 Å². The fourth-order valence-electron chi connectivity index (χ4n) is 3.47. The van der Waals surface area contributed by atoms with E-state index in [1.165, 1.54) is 0 Å². The maximum Gasteiger partial charge on any atom is 0.241 e. The fourth-order valence-corrected chi connectivity index (χ4v) is 3.84. The van der Waals surface area contributed by atoms with Crippen LogP contribution < -0.4 is 15.4 Å². The maximum absolute atomic E-state index is 12.6. The molecule has 1 aromatic carbocycles. The first-order valence-corrected chi connectivity index (χ1v) is 9.71. The molecular formula is C19H29ClN4O2. The summed E-state index contributed by atoms with van der Waals surface area (Å²) in [6.07, 6.45) is 0. The van der Waals surface area contributed by atoms with Gasteiger partial charge in [0.15, 0.2) is 0 Å². The minimum absolute atomic E-state index is 0.125. The quantitative estimate of drug-likeness (QED) is 0.790. The second kappa shape index (κ2) is 8.46. The average molecular weight is 381 g/mol. The Morgan fingerprint density at radius 1 is 1.31 bits per heavy atom. The van der Waals surface area contributed by atoms with E-state index in [2.05, 4.69) is 29.4 Å². The number of hydrogen-bond donors (Lipinski definition) is 2. The number of anilines is 1. The summed E-state index contributed by atoms with van der Waals surface area (Å²) in [4.78, 5) is 17.0. The van der Waals surface area contributed by atoms with Crippen molar-refractivity contribution in [2.75, 3.05) is 58.2 Å². The molecule has 1 amide bonds. The predicted octanol–water partition coefficient (Wildman–Crippen LogP) is 2.00. The summed E-state index contributed by atoms with van der Waals surface area (Å²) in [7, 11) is 1.61. The summed E-state index contributed by atoms with van der Waals surface area (Å²) < 4.78 is 5.41. The summed E-state index contributed by atoms with van der Waals surface area (Å²) in [5, 5.41) is 7.24. The molecule has 144 valence electrons. The molecule has 0 spiro atoms. The number of ether oxygens (including phenoxy) is 1. The Hall–Kier alpha value is -1.50. The zero-order valence-electron chi connectivity index (χ0n) is 15.8. The molecular weight excluding hydrogens is 352 g/mol. The Morgan fingerprint density at radius 3 is 2.54 bits per heavy atom. The van der Waals surface area contributed by atoms with Gasteiger partial charge in [0.05, 0.1) is 19.3 Å². The first-order chi connectivity index (χ1) is 12.5. The number of piperazine rings is 1. The van der Waals surface area contributed by atoms with Gasteiger partial charge in [-0.25, -0.2) is 0 Å². The number of carbonyl (C=O) groups excluding carboxylic acids is 1. The van der Waals surface area contributed by atoms with Crippen LogP contribution in [0.4, 0.5) is 5.69 Å². The van der Waals surface area contributed by atoms with Crippen molar-refractivity contribution in [1.82, 2.24) is 15.1 Å². The van der Waals surface area contributed by atoms with Crippen molar-refractivity contribution < 1.29 is 9.53 Å². The molecule has 0 unspecified atom stereocenters. The van der Waals surface area contributed by atoms with Crippen molar-refractivity contribution in [3.8, 4) is 5.75 Å². The molecule has 2 saturated heterocycles. The molecule has 26 heavy (non-hydrogen) atoms. The number of halogens is 1. The number of hydrogen-bond acceptors (Lipinski definition) is 5. The highest BCUT2D eigenvalue weighted by atomic mass is 35.5. The van der Waals surface area contributed by atoms with Crippen molar-refractivity contribution in [2.45, 2.75) is 25.8 Å². The molecule has 0 aliphatic carbocycles. The minimum atomic E-state index is 0.125. The van der Waals surface area contributed by atoms with E-state index in [1.54, 1.807) is 7.11 Å². The van der Waals surface area contributed by atoms with Crippen LogP contribution in [0.2, 0.25) is 5.02 Å². The van der Waals surface area contributed by atoms with E-state index >= 15 is 0 Å². The van der Waals surface area contributed by atoms with Gasteiger partial charge in [-0.3, -0.25) is 9.69 Å². The third-order valence-electron chi connectivity index (χ3n) is 5.31. The Labute approximate surface area is 160 Å². The lowest BCUT2D eigenvalue weighted by Gasteiger charge is -2.43. The molecule has 0 aromatic heterocycles. The molecule has 0 radical (unpaired) electrons. The monoisotopic (exact) mass is 380 g/mol. The lowest BCUT2D eigenvalue weighted by atomic mass is 10.0. The van der Waals surface area contributed by atoms with Crippen LogP contribution in [0.25, 0.3) is 0 Å². The number of rotatable bonds is 6. The van der Waals surface area contributed by atoms with Crippen molar-refractivity contribution in [2.24, 2.45) is 0 Å². The highest BCUT2D eigenvalue weighted by Crippen LogP contribution is 2.34. The van der Waals surface area contributed by atoms with Gasteiger partial charge >= 0.3 is 0 Å². The lowest BCUT2D eigenvalue weighted by molar-refractivity contribution is -0.131. The van der Waals surface area contributed by atoms with E-state index in [-0.39, 0.29) is 12.5 Å². The molecule has 1 aromatic rings. The summed E-state index contributed by atoms with van der Waals surface area (Å²) >= 11 is 6.32. The molecule has 2 fully saturated rings. The molecule has 2 aliphatic rings. The van der Waals surface area contributed by atoms with Crippen LogP contribution in [0, 0.1) is 0 Å². The number of amides is 1. The standard InChI is InChI=1S/C19H29ClN4O2/c1-13(2)15-8-17(18(26-3)9-16(15)20)22-12-19(25)24-6-4-23(5-7-24)14-10-21-11-14/h8-9,13-14,21-22H,4-7,10-12H2,1-3H3. The van der Waals surface area contributed by atoms with Gasteiger partial charge in [-0.2, -0.15) is 0 Å². The number of nitrogens with one attached hydrogen (secondary N) is 2. The largest absolute Gasteiger partial charge is 0.495 e. The van der Waals surface area contributed by atoms with Gasteiger partial charge in [-0.05, 0) is 17.5 Å². The number of methoxy groups -OCH3 is 1. The van der Waals surface area contributed by atoms with E-state index in [0.29, 0.717) is 22.7 Å². The van der Waals surface area contributed by atoms with Crippen molar-refractivity contribution in [3.05, 3.63) is 22.7 Å². The SMILES string of the molecule is COc1cc(Cl)c(C(C)C)cc1NCC(=O)N1CCN(C2CNC2)CC1. The van der Waals surface area contributed by atoms with Gasteiger partial charge < -0.3 is 20.3 Å². The Morgan fingerprint density at radius 2 is 2.00 bits per heavy atom. The normalized spacial score (nSPS) is 18.7. The van der Waals surface area contributed by atoms with Crippen LogP contribution >= 0.6 is 11.6 Å². The third kappa shape index (κ3) is 4.24. The second-order valence-electron chi connectivity index (χ2n) is 7.31. The zero-order chi connectivity index (χ0) is 18.7. The van der Waals surface area contributed by atoms with Crippen molar-refractivity contribution >= 4 is 23.2 Å². The highest BCUT2D eigenvalue weighted by Gasteiger charge is 2.29. The summed E-state index contributed by atoms with van der Waals surface area (Å²) in [5.41, 5.74) is 1.86. The number of carbonyl (C=O) groups is 1. The molecule has 0 atom stereocenters. The van der Waals surface area contributed by atoms with E-state index in [9.17, 15) is 4.79 Å². The molecule has 0 saturated carbocycles. The smallest absolute Gasteiger partial charge is 0.241 e. The van der Waals surface area contributed by atoms with Crippen molar-refractivity contribution in [1.29, 1.82) is 0 Å². The Kier molecular flexibility index (Phi) is 6.27.